The predicted molar refractivity (Wildman–Crippen MR) is 129 cm³/mol. The molecule has 1 aliphatic rings. The summed E-state index contributed by atoms with van der Waals surface area (Å²) in [5.74, 6) is -1.08. The lowest BCUT2D eigenvalue weighted by molar-refractivity contribution is 0.0696. The number of benzene rings is 1. The number of rotatable bonds is 4. The maximum Gasteiger partial charge on any atom is 0.335 e. The largest absolute Gasteiger partial charge is 0.478 e. The number of aromatic nitrogens is 2. The minimum Gasteiger partial charge on any atom is -0.478 e. The standard InChI is InChI=1S/C25H28N4O3S/c30-24(20-7-6-10-26-14-20)29-12-5-3-1-2-4-11-28(17-22-15-27-18-33-22)16-21-13-19(25(31)32)8-9-23(21)29/h6-10,13-15,18H,1-5,11-12,16-17H2,(H,31,32). The molecule has 0 bridgehead atoms. The summed E-state index contributed by atoms with van der Waals surface area (Å²) < 4.78 is 0. The molecule has 0 radical (unpaired) electrons. The Morgan fingerprint density at radius 1 is 0.970 bits per heavy atom. The number of carboxylic acid groups (broad SMARTS) is 1. The van der Waals surface area contributed by atoms with E-state index in [9.17, 15) is 14.7 Å². The number of amides is 1. The summed E-state index contributed by atoms with van der Waals surface area (Å²) in [6.45, 7) is 2.80. The highest BCUT2D eigenvalue weighted by molar-refractivity contribution is 7.09. The Bertz CT molecular complexity index is 1070. The summed E-state index contributed by atoms with van der Waals surface area (Å²) >= 11 is 1.62. The molecule has 8 heteroatoms. The van der Waals surface area contributed by atoms with Crippen LogP contribution in [-0.4, -0.2) is 44.9 Å². The fourth-order valence-corrected chi connectivity index (χ4v) is 4.85. The van der Waals surface area contributed by atoms with E-state index in [0.717, 1.165) is 56.4 Å². The van der Waals surface area contributed by atoms with Gasteiger partial charge in [0.25, 0.3) is 5.91 Å². The fraction of sp³-hybridized carbons (Fsp3) is 0.360. The summed E-state index contributed by atoms with van der Waals surface area (Å²) in [4.78, 5) is 38.8. The van der Waals surface area contributed by atoms with E-state index in [2.05, 4.69) is 14.9 Å². The lowest BCUT2D eigenvalue weighted by atomic mass is 10.0. The van der Waals surface area contributed by atoms with Gasteiger partial charge in [0.2, 0.25) is 0 Å². The van der Waals surface area contributed by atoms with Gasteiger partial charge in [-0.25, -0.2) is 4.79 Å². The zero-order valence-electron chi connectivity index (χ0n) is 18.5. The van der Waals surface area contributed by atoms with Crippen LogP contribution in [0.5, 0.6) is 0 Å². The Labute approximate surface area is 197 Å². The number of carbonyl (C=O) groups excluding carboxylic acids is 1. The Morgan fingerprint density at radius 2 is 1.79 bits per heavy atom. The lowest BCUT2D eigenvalue weighted by Gasteiger charge is -2.29. The Morgan fingerprint density at radius 3 is 2.52 bits per heavy atom. The number of hydrogen-bond acceptors (Lipinski definition) is 6. The van der Waals surface area contributed by atoms with E-state index in [4.69, 9.17) is 0 Å². The molecule has 0 saturated heterocycles. The van der Waals surface area contributed by atoms with E-state index < -0.39 is 5.97 Å². The lowest BCUT2D eigenvalue weighted by Crippen LogP contribution is -2.34. The second-order valence-corrected chi connectivity index (χ2v) is 9.26. The molecule has 7 nitrogen and oxygen atoms in total. The molecular weight excluding hydrogens is 436 g/mol. The van der Waals surface area contributed by atoms with E-state index in [1.807, 2.05) is 11.7 Å². The monoisotopic (exact) mass is 464 g/mol. The molecule has 0 fully saturated rings. The highest BCUT2D eigenvalue weighted by atomic mass is 32.1. The van der Waals surface area contributed by atoms with E-state index in [-0.39, 0.29) is 11.5 Å². The number of fused-ring (bicyclic) bond motifs is 1. The maximum atomic E-state index is 13.5. The third-order valence-electron chi connectivity index (χ3n) is 5.88. The van der Waals surface area contributed by atoms with Crippen molar-refractivity contribution in [2.45, 2.75) is 45.2 Å². The molecule has 33 heavy (non-hydrogen) atoms. The maximum absolute atomic E-state index is 13.5. The van der Waals surface area contributed by atoms with Crippen LogP contribution in [-0.2, 0) is 13.1 Å². The smallest absolute Gasteiger partial charge is 0.335 e. The zero-order chi connectivity index (χ0) is 23.0. The van der Waals surface area contributed by atoms with Crippen LogP contribution < -0.4 is 4.90 Å². The molecule has 1 amide bonds. The summed E-state index contributed by atoms with van der Waals surface area (Å²) in [5.41, 5.74) is 4.20. The second kappa shape index (κ2) is 11.2. The third-order valence-corrected chi connectivity index (χ3v) is 6.65. The van der Waals surface area contributed by atoms with Crippen molar-refractivity contribution in [2.75, 3.05) is 18.0 Å². The molecule has 0 atom stereocenters. The fourth-order valence-electron chi connectivity index (χ4n) is 4.22. The highest BCUT2D eigenvalue weighted by Crippen LogP contribution is 2.28. The van der Waals surface area contributed by atoms with Crippen molar-refractivity contribution < 1.29 is 14.7 Å². The van der Waals surface area contributed by atoms with Gasteiger partial charge in [0, 0.05) is 48.8 Å². The average molecular weight is 465 g/mol. The Balaban J connectivity index is 1.73. The number of anilines is 1. The van der Waals surface area contributed by atoms with Gasteiger partial charge in [-0.15, -0.1) is 11.3 Å². The van der Waals surface area contributed by atoms with Crippen molar-refractivity contribution in [3.8, 4) is 0 Å². The van der Waals surface area contributed by atoms with Crippen molar-refractivity contribution in [1.82, 2.24) is 14.9 Å². The molecule has 0 aliphatic carbocycles. The van der Waals surface area contributed by atoms with Crippen molar-refractivity contribution in [1.29, 1.82) is 0 Å². The van der Waals surface area contributed by atoms with E-state index >= 15 is 0 Å². The van der Waals surface area contributed by atoms with Gasteiger partial charge < -0.3 is 10.0 Å². The molecule has 2 aromatic heterocycles. The summed E-state index contributed by atoms with van der Waals surface area (Å²) in [5, 5.41) is 9.61. The first kappa shape index (κ1) is 23.1. The van der Waals surface area contributed by atoms with Crippen molar-refractivity contribution in [2.24, 2.45) is 0 Å². The molecule has 4 rings (SSSR count). The zero-order valence-corrected chi connectivity index (χ0v) is 19.3. The minimum absolute atomic E-state index is 0.113. The molecule has 3 heterocycles. The van der Waals surface area contributed by atoms with Gasteiger partial charge in [-0.1, -0.05) is 19.3 Å². The summed E-state index contributed by atoms with van der Waals surface area (Å²) in [6.07, 6.45) is 10.4. The third kappa shape index (κ3) is 6.03. The first-order chi connectivity index (χ1) is 16.1. The molecule has 0 unspecified atom stereocenters. The molecule has 1 aromatic carbocycles. The quantitative estimate of drug-likeness (QED) is 0.594. The Hall–Kier alpha value is -3.10. The number of hydrogen-bond donors (Lipinski definition) is 1. The van der Waals surface area contributed by atoms with E-state index in [0.29, 0.717) is 18.7 Å². The molecular formula is C25H28N4O3S. The second-order valence-electron chi connectivity index (χ2n) is 8.29. The number of aromatic carboxylic acids is 1. The predicted octanol–water partition coefficient (Wildman–Crippen LogP) is 4.85. The molecule has 1 N–H and O–H groups in total. The number of thiazole rings is 1. The van der Waals surface area contributed by atoms with Crippen LogP contribution in [0.1, 0.15) is 63.3 Å². The SMILES string of the molecule is O=C(O)c1ccc2c(c1)CN(Cc1cncs1)CCCCCCCN2C(=O)c1cccnc1. The van der Waals surface area contributed by atoms with Gasteiger partial charge in [-0.2, -0.15) is 0 Å². The van der Waals surface area contributed by atoms with Gasteiger partial charge in [0.05, 0.1) is 16.6 Å². The van der Waals surface area contributed by atoms with Crippen LogP contribution in [0.15, 0.2) is 54.4 Å². The van der Waals surface area contributed by atoms with Gasteiger partial charge in [0.1, 0.15) is 0 Å². The topological polar surface area (TPSA) is 86.6 Å². The average Bonchev–Trinajstić information content (AvgIpc) is 3.33. The Kier molecular flexibility index (Phi) is 7.80. The van der Waals surface area contributed by atoms with Crippen LogP contribution in [0.25, 0.3) is 0 Å². The highest BCUT2D eigenvalue weighted by Gasteiger charge is 2.23. The molecule has 1 aliphatic heterocycles. The van der Waals surface area contributed by atoms with Crippen LogP contribution >= 0.6 is 11.3 Å². The van der Waals surface area contributed by atoms with E-state index in [1.54, 1.807) is 59.0 Å². The van der Waals surface area contributed by atoms with E-state index in [1.165, 1.54) is 4.88 Å². The number of pyridine rings is 1. The van der Waals surface area contributed by atoms with Gasteiger partial charge >= 0.3 is 5.97 Å². The van der Waals surface area contributed by atoms with Crippen molar-refractivity contribution in [3.05, 3.63) is 76.0 Å². The number of carbonyl (C=O) groups is 2. The first-order valence-corrected chi connectivity index (χ1v) is 12.2. The summed E-state index contributed by atoms with van der Waals surface area (Å²) in [6, 6.07) is 8.61. The van der Waals surface area contributed by atoms with Crippen molar-refractivity contribution in [3.63, 3.8) is 0 Å². The summed E-state index contributed by atoms with van der Waals surface area (Å²) in [7, 11) is 0. The van der Waals surface area contributed by atoms with Crippen LogP contribution in [0.2, 0.25) is 0 Å². The van der Waals surface area contributed by atoms with Gasteiger partial charge in [-0.05, 0) is 55.3 Å². The van der Waals surface area contributed by atoms with Crippen molar-refractivity contribution >= 4 is 28.9 Å². The van der Waals surface area contributed by atoms with Gasteiger partial charge in [-0.3, -0.25) is 19.7 Å². The van der Waals surface area contributed by atoms with Gasteiger partial charge in [0.15, 0.2) is 0 Å². The molecule has 172 valence electrons. The van der Waals surface area contributed by atoms with Crippen LogP contribution in [0.4, 0.5) is 5.69 Å². The number of nitrogens with zero attached hydrogens (tertiary/aromatic N) is 4. The normalized spacial score (nSPS) is 15.8. The first-order valence-electron chi connectivity index (χ1n) is 11.3. The number of carboxylic acids is 1. The molecule has 3 aromatic rings. The van der Waals surface area contributed by atoms with Crippen LogP contribution in [0, 0.1) is 0 Å². The van der Waals surface area contributed by atoms with Crippen LogP contribution in [0.3, 0.4) is 0 Å². The molecule has 0 saturated carbocycles. The minimum atomic E-state index is -0.969. The molecule has 0 spiro atoms.